The van der Waals surface area contributed by atoms with E-state index in [2.05, 4.69) is 6.92 Å². The number of aliphatic hydroxyl groups is 1. The van der Waals surface area contributed by atoms with Crippen molar-refractivity contribution in [1.29, 1.82) is 0 Å². The van der Waals surface area contributed by atoms with Crippen LogP contribution >= 0.6 is 23.2 Å². The summed E-state index contributed by atoms with van der Waals surface area (Å²) in [5.41, 5.74) is 0.883. The normalized spacial score (nSPS) is 25.3. The summed E-state index contributed by atoms with van der Waals surface area (Å²) in [6.45, 7) is 2.23. The molecule has 1 aromatic carbocycles. The smallest absolute Gasteiger partial charge is 0.0609 e. The van der Waals surface area contributed by atoms with Crippen LogP contribution in [0.4, 0.5) is 0 Å². The molecule has 0 bridgehead atoms. The summed E-state index contributed by atoms with van der Waals surface area (Å²) in [6.07, 6.45) is 4.98. The van der Waals surface area contributed by atoms with Gasteiger partial charge >= 0.3 is 0 Å². The molecule has 0 aromatic heterocycles. The summed E-state index contributed by atoms with van der Waals surface area (Å²) in [5, 5.41) is 11.7. The summed E-state index contributed by atoms with van der Waals surface area (Å²) in [5.74, 6) is 1.19. The average Bonchev–Trinajstić information content (AvgIpc) is 2.82. The van der Waals surface area contributed by atoms with E-state index in [0.717, 1.165) is 24.3 Å². The molecular formula is C15H20Cl2O. The van der Waals surface area contributed by atoms with E-state index in [9.17, 15) is 5.11 Å². The molecule has 0 radical (unpaired) electrons. The number of hydrogen-bond acceptors (Lipinski definition) is 1. The van der Waals surface area contributed by atoms with E-state index in [1.165, 1.54) is 12.8 Å². The van der Waals surface area contributed by atoms with Gasteiger partial charge in [-0.25, -0.2) is 0 Å². The van der Waals surface area contributed by atoms with Crippen LogP contribution in [0.15, 0.2) is 18.2 Å². The quantitative estimate of drug-likeness (QED) is 0.849. The largest absolute Gasteiger partial charge is 0.392 e. The molecular weight excluding hydrogens is 267 g/mol. The Kier molecular flexibility index (Phi) is 4.94. The van der Waals surface area contributed by atoms with Crippen molar-refractivity contribution in [3.8, 4) is 0 Å². The lowest BCUT2D eigenvalue weighted by molar-refractivity contribution is 0.108. The van der Waals surface area contributed by atoms with E-state index >= 15 is 0 Å². The Labute approximate surface area is 119 Å². The number of hydrogen-bond donors (Lipinski definition) is 1. The van der Waals surface area contributed by atoms with Crippen molar-refractivity contribution in [2.24, 2.45) is 11.8 Å². The van der Waals surface area contributed by atoms with Crippen LogP contribution in [-0.2, 0) is 6.42 Å². The molecule has 0 heterocycles. The maximum atomic E-state index is 10.3. The van der Waals surface area contributed by atoms with Gasteiger partial charge in [0.1, 0.15) is 0 Å². The van der Waals surface area contributed by atoms with Gasteiger partial charge in [-0.05, 0) is 42.4 Å². The molecule has 0 amide bonds. The maximum absolute atomic E-state index is 10.3. The summed E-state index contributed by atoms with van der Waals surface area (Å²) < 4.78 is 0. The maximum Gasteiger partial charge on any atom is 0.0609 e. The lowest BCUT2D eigenvalue weighted by Crippen LogP contribution is -2.21. The van der Waals surface area contributed by atoms with Gasteiger partial charge in [0.25, 0.3) is 0 Å². The molecule has 1 fully saturated rings. The minimum Gasteiger partial charge on any atom is -0.392 e. The molecule has 3 atom stereocenters. The predicted octanol–water partition coefficient (Wildman–Crippen LogP) is 4.72. The lowest BCUT2D eigenvalue weighted by atomic mass is 9.93. The van der Waals surface area contributed by atoms with E-state index in [-0.39, 0.29) is 6.10 Å². The highest BCUT2D eigenvalue weighted by Crippen LogP contribution is 2.37. The first-order chi connectivity index (χ1) is 8.61. The first kappa shape index (κ1) is 14.2. The predicted molar refractivity (Wildman–Crippen MR) is 77.3 cm³/mol. The van der Waals surface area contributed by atoms with Crippen molar-refractivity contribution in [1.82, 2.24) is 0 Å². The monoisotopic (exact) mass is 286 g/mol. The minimum absolute atomic E-state index is 0.320. The Morgan fingerprint density at radius 1 is 1.28 bits per heavy atom. The van der Waals surface area contributed by atoms with Crippen molar-refractivity contribution in [2.75, 3.05) is 0 Å². The van der Waals surface area contributed by atoms with Gasteiger partial charge in [0, 0.05) is 16.5 Å². The van der Waals surface area contributed by atoms with Crippen LogP contribution in [0.25, 0.3) is 0 Å². The molecule has 0 saturated heterocycles. The molecule has 18 heavy (non-hydrogen) atoms. The standard InChI is InChI=1S/C15H20Cl2O/c1-2-10-6-7-11(8-10)15(18)9-12-13(16)4-3-5-14(12)17/h3-5,10-11,15,18H,2,6-9H2,1H3. The van der Waals surface area contributed by atoms with Crippen LogP contribution in [0, 0.1) is 11.8 Å². The molecule has 100 valence electrons. The molecule has 1 N–H and O–H groups in total. The van der Waals surface area contributed by atoms with E-state index in [4.69, 9.17) is 23.2 Å². The van der Waals surface area contributed by atoms with Crippen LogP contribution < -0.4 is 0 Å². The van der Waals surface area contributed by atoms with E-state index in [1.807, 2.05) is 18.2 Å². The topological polar surface area (TPSA) is 20.2 Å². The SMILES string of the molecule is CCC1CCC(C(O)Cc2c(Cl)cccc2Cl)C1. The van der Waals surface area contributed by atoms with Crippen LogP contribution in [0.2, 0.25) is 10.0 Å². The van der Waals surface area contributed by atoms with E-state index in [0.29, 0.717) is 22.4 Å². The fourth-order valence-electron chi connectivity index (χ4n) is 2.94. The van der Waals surface area contributed by atoms with Crippen LogP contribution in [0.5, 0.6) is 0 Å². The third-order valence-electron chi connectivity index (χ3n) is 4.18. The fourth-order valence-corrected chi connectivity index (χ4v) is 3.49. The molecule has 3 unspecified atom stereocenters. The zero-order valence-electron chi connectivity index (χ0n) is 10.7. The Balaban J connectivity index is 2.01. The first-order valence-electron chi connectivity index (χ1n) is 6.72. The van der Waals surface area contributed by atoms with Crippen molar-refractivity contribution in [3.05, 3.63) is 33.8 Å². The Hall–Kier alpha value is -0.240. The third-order valence-corrected chi connectivity index (χ3v) is 4.89. The molecule has 1 aliphatic carbocycles. The highest BCUT2D eigenvalue weighted by Gasteiger charge is 2.29. The summed E-state index contributed by atoms with van der Waals surface area (Å²) in [4.78, 5) is 0. The lowest BCUT2D eigenvalue weighted by Gasteiger charge is -2.19. The molecule has 1 saturated carbocycles. The third kappa shape index (κ3) is 3.20. The highest BCUT2D eigenvalue weighted by molar-refractivity contribution is 6.35. The van der Waals surface area contributed by atoms with Crippen LogP contribution in [0.1, 0.15) is 38.2 Å². The van der Waals surface area contributed by atoms with Crippen LogP contribution in [-0.4, -0.2) is 11.2 Å². The summed E-state index contributed by atoms with van der Waals surface area (Å²) in [7, 11) is 0. The van der Waals surface area contributed by atoms with Gasteiger partial charge in [-0.1, -0.05) is 49.0 Å². The number of rotatable bonds is 4. The van der Waals surface area contributed by atoms with Crippen molar-refractivity contribution < 1.29 is 5.11 Å². The van der Waals surface area contributed by atoms with Gasteiger partial charge in [-0.3, -0.25) is 0 Å². The Morgan fingerprint density at radius 3 is 2.50 bits per heavy atom. The van der Waals surface area contributed by atoms with Gasteiger partial charge in [-0.15, -0.1) is 0 Å². The van der Waals surface area contributed by atoms with Gasteiger partial charge in [0.05, 0.1) is 6.10 Å². The second-order valence-electron chi connectivity index (χ2n) is 5.32. The van der Waals surface area contributed by atoms with Gasteiger partial charge in [0.15, 0.2) is 0 Å². The van der Waals surface area contributed by atoms with Gasteiger partial charge in [-0.2, -0.15) is 0 Å². The number of benzene rings is 1. The second kappa shape index (κ2) is 6.27. The molecule has 1 nitrogen and oxygen atoms in total. The molecule has 0 spiro atoms. The van der Waals surface area contributed by atoms with E-state index in [1.54, 1.807) is 0 Å². The van der Waals surface area contributed by atoms with Gasteiger partial charge in [0.2, 0.25) is 0 Å². The van der Waals surface area contributed by atoms with Crippen molar-refractivity contribution in [2.45, 2.75) is 45.1 Å². The molecule has 0 aliphatic heterocycles. The summed E-state index contributed by atoms with van der Waals surface area (Å²) >= 11 is 12.3. The van der Waals surface area contributed by atoms with Crippen molar-refractivity contribution >= 4 is 23.2 Å². The number of halogens is 2. The Bertz CT molecular complexity index is 385. The molecule has 2 rings (SSSR count). The zero-order valence-corrected chi connectivity index (χ0v) is 12.2. The zero-order chi connectivity index (χ0) is 13.1. The molecule has 3 heteroatoms. The molecule has 1 aromatic rings. The fraction of sp³-hybridized carbons (Fsp3) is 0.600. The highest BCUT2D eigenvalue weighted by atomic mass is 35.5. The Morgan fingerprint density at radius 2 is 1.94 bits per heavy atom. The van der Waals surface area contributed by atoms with E-state index < -0.39 is 0 Å². The first-order valence-corrected chi connectivity index (χ1v) is 7.48. The van der Waals surface area contributed by atoms with Crippen molar-refractivity contribution in [3.63, 3.8) is 0 Å². The minimum atomic E-state index is -0.320. The van der Waals surface area contributed by atoms with Gasteiger partial charge < -0.3 is 5.11 Å². The molecule has 1 aliphatic rings. The number of aliphatic hydroxyl groups excluding tert-OH is 1. The summed E-state index contributed by atoms with van der Waals surface area (Å²) in [6, 6.07) is 5.50. The van der Waals surface area contributed by atoms with Crippen LogP contribution in [0.3, 0.4) is 0 Å². The average molecular weight is 287 g/mol. The second-order valence-corrected chi connectivity index (χ2v) is 6.13.